The van der Waals surface area contributed by atoms with Gasteiger partial charge in [0.25, 0.3) is 5.91 Å². The van der Waals surface area contributed by atoms with E-state index >= 15 is 0 Å². The maximum Gasteiger partial charge on any atom is 0.271 e. The average molecular weight is 459 g/mol. The number of nitrogens with zero attached hydrogens (tertiary/aromatic N) is 3. The van der Waals surface area contributed by atoms with Crippen molar-refractivity contribution in [2.24, 2.45) is 4.99 Å². The maximum atomic E-state index is 13.4. The number of amides is 2. The third kappa shape index (κ3) is 5.48. The van der Waals surface area contributed by atoms with Crippen LogP contribution < -0.4 is 15.0 Å². The van der Waals surface area contributed by atoms with Crippen LogP contribution >= 0.6 is 11.8 Å². The van der Waals surface area contributed by atoms with Crippen LogP contribution in [-0.4, -0.2) is 28.6 Å². The average Bonchev–Trinajstić information content (AvgIpc) is 3.10. The molecule has 7 nitrogen and oxygen atoms in total. The maximum absolute atomic E-state index is 13.4. The first-order chi connectivity index (χ1) is 16.0. The Kier molecular flexibility index (Phi) is 6.85. The molecule has 2 amide bonds. The number of amidine groups is 1. The molecular weight excluding hydrogens is 436 g/mol. The van der Waals surface area contributed by atoms with Crippen molar-refractivity contribution in [2.75, 3.05) is 16.8 Å². The Balaban J connectivity index is 1.67. The Morgan fingerprint density at radius 3 is 2.52 bits per heavy atom. The van der Waals surface area contributed by atoms with Gasteiger partial charge in [-0.2, -0.15) is 0 Å². The molecule has 0 unspecified atom stereocenters. The molecule has 0 atom stereocenters. The zero-order valence-electron chi connectivity index (χ0n) is 18.2. The molecule has 1 aliphatic heterocycles. The summed E-state index contributed by atoms with van der Waals surface area (Å²) in [5.41, 5.74) is 2.23. The van der Waals surface area contributed by atoms with Crippen LogP contribution in [0.15, 0.2) is 82.8 Å². The lowest BCUT2D eigenvalue weighted by atomic mass is 10.2. The topological polar surface area (TPSA) is 83.9 Å². The number of aromatic nitrogens is 1. The van der Waals surface area contributed by atoms with Crippen LogP contribution in [0.2, 0.25) is 0 Å². The van der Waals surface area contributed by atoms with Gasteiger partial charge in [0.2, 0.25) is 5.91 Å². The fourth-order valence-electron chi connectivity index (χ4n) is 3.17. The normalized spacial score (nSPS) is 15.8. The predicted octanol–water partition coefficient (Wildman–Crippen LogP) is 5.25. The number of carbonyl (C=O) groups excluding carboxylic acids is 2. The van der Waals surface area contributed by atoms with Crippen molar-refractivity contribution < 1.29 is 14.3 Å². The zero-order valence-corrected chi connectivity index (χ0v) is 19.0. The van der Waals surface area contributed by atoms with Gasteiger partial charge in [-0.15, -0.1) is 0 Å². The van der Waals surface area contributed by atoms with Gasteiger partial charge in [0.05, 0.1) is 17.2 Å². The van der Waals surface area contributed by atoms with Crippen molar-refractivity contribution >= 4 is 52.0 Å². The fraction of sp³-hybridized carbons (Fsp3) is 0.120. The molecule has 0 saturated carbocycles. The van der Waals surface area contributed by atoms with Crippen LogP contribution in [0.5, 0.6) is 5.75 Å². The van der Waals surface area contributed by atoms with E-state index in [9.17, 15) is 9.59 Å². The second kappa shape index (κ2) is 10.1. The van der Waals surface area contributed by atoms with Crippen molar-refractivity contribution in [1.82, 2.24) is 4.98 Å². The minimum absolute atomic E-state index is 0.135. The molecule has 0 spiro atoms. The summed E-state index contributed by atoms with van der Waals surface area (Å²) in [6.07, 6.45) is 3.47. The van der Waals surface area contributed by atoms with Crippen LogP contribution in [0.3, 0.4) is 0 Å². The van der Waals surface area contributed by atoms with E-state index in [1.807, 2.05) is 61.5 Å². The molecule has 0 radical (unpaired) electrons. The summed E-state index contributed by atoms with van der Waals surface area (Å²) in [6.45, 7) is 3.95. The number of thioether (sulfide) groups is 1. The van der Waals surface area contributed by atoms with E-state index in [2.05, 4.69) is 15.3 Å². The number of pyridine rings is 1. The molecule has 3 aromatic rings. The minimum Gasteiger partial charge on any atom is -0.494 e. The van der Waals surface area contributed by atoms with Crippen LogP contribution in [0.4, 0.5) is 17.2 Å². The first kappa shape index (κ1) is 22.3. The largest absolute Gasteiger partial charge is 0.494 e. The van der Waals surface area contributed by atoms with E-state index in [0.29, 0.717) is 33.9 Å². The Labute approximate surface area is 196 Å². The molecule has 1 saturated heterocycles. The number of aliphatic imine (C=N–C) groups is 1. The lowest BCUT2D eigenvalue weighted by Crippen LogP contribution is -2.28. The van der Waals surface area contributed by atoms with Crippen LogP contribution in [0, 0.1) is 0 Å². The number of rotatable bonds is 6. The van der Waals surface area contributed by atoms with Gasteiger partial charge in [0.15, 0.2) is 11.0 Å². The first-order valence-electron chi connectivity index (χ1n) is 10.4. The number of hydrogen-bond acceptors (Lipinski definition) is 6. The molecule has 0 aliphatic carbocycles. The monoisotopic (exact) mass is 458 g/mol. The van der Waals surface area contributed by atoms with Gasteiger partial charge in [-0.05, 0) is 78.9 Å². The summed E-state index contributed by atoms with van der Waals surface area (Å²) in [5.74, 6) is 0.942. The standard InChI is InChI=1S/C25H22N4O3S/c1-3-32-21-13-11-20(12-14-21)29-24(31)22(33-25(29)28-23-6-4-5-15-26-23)16-18-7-9-19(10-8-18)27-17(2)30/h4-16H,3H2,1-2H3,(H,27,30)/b22-16-,28-25-. The van der Waals surface area contributed by atoms with Gasteiger partial charge < -0.3 is 10.1 Å². The van der Waals surface area contributed by atoms with Gasteiger partial charge in [0, 0.05) is 18.8 Å². The van der Waals surface area contributed by atoms with E-state index in [4.69, 9.17) is 4.74 Å². The number of nitrogens with one attached hydrogen (secondary N) is 1. The summed E-state index contributed by atoms with van der Waals surface area (Å²) in [7, 11) is 0. The summed E-state index contributed by atoms with van der Waals surface area (Å²) in [5, 5.41) is 3.25. The van der Waals surface area contributed by atoms with Crippen LogP contribution in [0.25, 0.3) is 6.08 Å². The number of anilines is 2. The van der Waals surface area contributed by atoms with Gasteiger partial charge in [-0.3, -0.25) is 14.5 Å². The van der Waals surface area contributed by atoms with E-state index in [1.54, 1.807) is 29.3 Å². The van der Waals surface area contributed by atoms with Gasteiger partial charge in [-0.25, -0.2) is 9.98 Å². The molecule has 2 heterocycles. The molecule has 33 heavy (non-hydrogen) atoms. The molecule has 4 rings (SSSR count). The summed E-state index contributed by atoms with van der Waals surface area (Å²) >= 11 is 1.29. The molecule has 1 fully saturated rings. The van der Waals surface area contributed by atoms with Crippen molar-refractivity contribution in [3.8, 4) is 5.75 Å². The molecule has 1 aromatic heterocycles. The van der Waals surface area contributed by atoms with Crippen molar-refractivity contribution in [3.63, 3.8) is 0 Å². The lowest BCUT2D eigenvalue weighted by Gasteiger charge is -2.16. The molecule has 0 bridgehead atoms. The minimum atomic E-state index is -0.176. The first-order valence-corrected chi connectivity index (χ1v) is 11.2. The Bertz CT molecular complexity index is 1210. The van der Waals surface area contributed by atoms with Crippen LogP contribution in [-0.2, 0) is 9.59 Å². The van der Waals surface area contributed by atoms with Gasteiger partial charge in [0.1, 0.15) is 5.75 Å². The van der Waals surface area contributed by atoms with E-state index in [0.717, 1.165) is 11.3 Å². The zero-order chi connectivity index (χ0) is 23.2. The van der Waals surface area contributed by atoms with Gasteiger partial charge in [-0.1, -0.05) is 18.2 Å². The molecule has 8 heteroatoms. The smallest absolute Gasteiger partial charge is 0.271 e. The van der Waals surface area contributed by atoms with Crippen molar-refractivity contribution in [2.45, 2.75) is 13.8 Å². The SMILES string of the molecule is CCOc1ccc(N2C(=O)/C(=C/c3ccc(NC(C)=O)cc3)S/C2=N\c2ccccn2)cc1. The second-order valence-corrected chi connectivity index (χ2v) is 8.07. The molecule has 1 N–H and O–H groups in total. The third-order valence-electron chi connectivity index (χ3n) is 4.60. The van der Waals surface area contributed by atoms with E-state index < -0.39 is 0 Å². The Hall–Kier alpha value is -3.91. The van der Waals surface area contributed by atoms with E-state index in [1.165, 1.54) is 18.7 Å². The second-order valence-electron chi connectivity index (χ2n) is 7.06. The summed E-state index contributed by atoms with van der Waals surface area (Å²) in [4.78, 5) is 35.6. The number of carbonyl (C=O) groups is 2. The van der Waals surface area contributed by atoms with Gasteiger partial charge >= 0.3 is 0 Å². The highest BCUT2D eigenvalue weighted by Gasteiger charge is 2.35. The Morgan fingerprint density at radius 2 is 1.88 bits per heavy atom. The molecule has 2 aromatic carbocycles. The van der Waals surface area contributed by atoms with E-state index in [-0.39, 0.29) is 11.8 Å². The quantitative estimate of drug-likeness (QED) is 0.510. The van der Waals surface area contributed by atoms with Crippen LogP contribution in [0.1, 0.15) is 19.4 Å². The Morgan fingerprint density at radius 1 is 1.12 bits per heavy atom. The number of ether oxygens (including phenoxy) is 1. The fourth-order valence-corrected chi connectivity index (χ4v) is 4.16. The van der Waals surface area contributed by atoms with Crippen molar-refractivity contribution in [1.29, 1.82) is 0 Å². The molecular formula is C25H22N4O3S. The summed E-state index contributed by atoms with van der Waals surface area (Å²) in [6, 6.07) is 20.1. The molecule has 1 aliphatic rings. The molecule has 166 valence electrons. The highest BCUT2D eigenvalue weighted by Crippen LogP contribution is 2.37. The van der Waals surface area contributed by atoms with Crippen molar-refractivity contribution in [3.05, 3.63) is 83.4 Å². The summed E-state index contributed by atoms with van der Waals surface area (Å²) < 4.78 is 5.52. The number of hydrogen-bond donors (Lipinski definition) is 1. The third-order valence-corrected chi connectivity index (χ3v) is 5.57. The predicted molar refractivity (Wildman–Crippen MR) is 133 cm³/mol. The highest BCUT2D eigenvalue weighted by atomic mass is 32.2. The lowest BCUT2D eigenvalue weighted by molar-refractivity contribution is -0.114. The number of benzene rings is 2. The highest BCUT2D eigenvalue weighted by molar-refractivity contribution is 8.19.